The molecule has 0 aliphatic carbocycles. The van der Waals surface area contributed by atoms with Crippen molar-refractivity contribution in [3.05, 3.63) is 53.6 Å². The Morgan fingerprint density at radius 3 is 2.57 bits per heavy atom. The van der Waals surface area contributed by atoms with E-state index in [0.29, 0.717) is 13.3 Å². The highest BCUT2D eigenvalue weighted by atomic mass is 16.7. The summed E-state index contributed by atoms with van der Waals surface area (Å²) in [6, 6.07) is 14.2. The summed E-state index contributed by atoms with van der Waals surface area (Å²) in [6.07, 6.45) is 1.89. The lowest BCUT2D eigenvalue weighted by Crippen LogP contribution is -2.37. The Kier molecular flexibility index (Phi) is 8.20. The van der Waals surface area contributed by atoms with E-state index in [2.05, 4.69) is 52.8 Å². The van der Waals surface area contributed by atoms with Crippen LogP contribution in [0.1, 0.15) is 17.5 Å². The van der Waals surface area contributed by atoms with Gasteiger partial charge in [0.25, 0.3) is 0 Å². The van der Waals surface area contributed by atoms with E-state index in [1.165, 1.54) is 11.1 Å². The van der Waals surface area contributed by atoms with Crippen LogP contribution in [0, 0.1) is 0 Å². The molecule has 7 nitrogen and oxygen atoms in total. The van der Waals surface area contributed by atoms with Crippen molar-refractivity contribution in [2.24, 2.45) is 4.99 Å². The number of fused-ring (bicyclic) bond motifs is 1. The Morgan fingerprint density at radius 2 is 1.80 bits per heavy atom. The molecule has 0 radical (unpaired) electrons. The van der Waals surface area contributed by atoms with Gasteiger partial charge in [-0.3, -0.25) is 4.99 Å². The highest BCUT2D eigenvalue weighted by Crippen LogP contribution is 2.32. The Balaban J connectivity index is 1.36. The fraction of sp³-hybridized carbons (Fsp3) is 0.435. The van der Waals surface area contributed by atoms with E-state index < -0.39 is 0 Å². The predicted octanol–water partition coefficient (Wildman–Crippen LogP) is 2.65. The van der Waals surface area contributed by atoms with Crippen molar-refractivity contribution in [2.45, 2.75) is 19.4 Å². The smallest absolute Gasteiger partial charge is 0.231 e. The fourth-order valence-corrected chi connectivity index (χ4v) is 3.10. The van der Waals surface area contributed by atoms with Gasteiger partial charge in [-0.25, -0.2) is 0 Å². The summed E-state index contributed by atoms with van der Waals surface area (Å²) >= 11 is 0. The van der Waals surface area contributed by atoms with Crippen molar-refractivity contribution in [2.75, 3.05) is 47.6 Å². The molecule has 2 N–H and O–H groups in total. The van der Waals surface area contributed by atoms with Gasteiger partial charge in [0.2, 0.25) is 6.79 Å². The minimum atomic E-state index is 0.303. The standard InChI is InChI=1S/C23H32N4O3/c1-24-23(25-12-11-18-7-10-21-22(15-18)30-17-29-21)26-16-19-5-8-20(9-6-19)28-14-4-13-27(2)3/h5-10,15H,4,11-14,16-17H2,1-3H3,(H2,24,25,26). The quantitative estimate of drug-likeness (QED) is 0.355. The number of rotatable bonds is 10. The average molecular weight is 413 g/mol. The molecule has 0 atom stereocenters. The van der Waals surface area contributed by atoms with Crippen LogP contribution in [0.4, 0.5) is 0 Å². The molecule has 0 saturated heterocycles. The van der Waals surface area contributed by atoms with Crippen LogP contribution in [0.25, 0.3) is 0 Å². The summed E-state index contributed by atoms with van der Waals surface area (Å²) in [7, 11) is 5.92. The zero-order chi connectivity index (χ0) is 21.2. The molecule has 7 heteroatoms. The van der Waals surface area contributed by atoms with Gasteiger partial charge >= 0.3 is 0 Å². The molecule has 1 heterocycles. The molecular formula is C23H32N4O3. The first kappa shape index (κ1) is 21.8. The molecule has 0 saturated carbocycles. The lowest BCUT2D eigenvalue weighted by atomic mass is 10.1. The number of benzene rings is 2. The molecule has 1 aliphatic heterocycles. The number of aliphatic imine (C=N–C) groups is 1. The maximum absolute atomic E-state index is 5.78. The average Bonchev–Trinajstić information content (AvgIpc) is 3.22. The fourth-order valence-electron chi connectivity index (χ4n) is 3.10. The van der Waals surface area contributed by atoms with Crippen molar-refractivity contribution in [3.63, 3.8) is 0 Å². The molecule has 1 aliphatic rings. The van der Waals surface area contributed by atoms with Crippen molar-refractivity contribution in [1.82, 2.24) is 15.5 Å². The summed E-state index contributed by atoms with van der Waals surface area (Å²) in [4.78, 5) is 6.46. The largest absolute Gasteiger partial charge is 0.494 e. The van der Waals surface area contributed by atoms with Crippen LogP contribution < -0.4 is 24.8 Å². The number of nitrogens with zero attached hydrogens (tertiary/aromatic N) is 2. The second-order valence-corrected chi connectivity index (χ2v) is 7.44. The number of hydrogen-bond donors (Lipinski definition) is 2. The lowest BCUT2D eigenvalue weighted by molar-refractivity contribution is 0.174. The van der Waals surface area contributed by atoms with Crippen LogP contribution in [-0.4, -0.2) is 58.5 Å². The predicted molar refractivity (Wildman–Crippen MR) is 120 cm³/mol. The van der Waals surface area contributed by atoms with Gasteiger partial charge in [0.05, 0.1) is 6.61 Å². The van der Waals surface area contributed by atoms with Crippen molar-refractivity contribution >= 4 is 5.96 Å². The molecule has 0 amide bonds. The molecule has 2 aromatic carbocycles. The maximum atomic E-state index is 5.78. The highest BCUT2D eigenvalue weighted by molar-refractivity contribution is 5.79. The second kappa shape index (κ2) is 11.3. The van der Waals surface area contributed by atoms with Gasteiger partial charge in [-0.1, -0.05) is 18.2 Å². The molecule has 3 rings (SSSR count). The van der Waals surface area contributed by atoms with Crippen LogP contribution in [-0.2, 0) is 13.0 Å². The van der Waals surface area contributed by atoms with E-state index in [-0.39, 0.29) is 0 Å². The first-order valence-electron chi connectivity index (χ1n) is 10.3. The first-order chi connectivity index (χ1) is 14.6. The van der Waals surface area contributed by atoms with E-state index >= 15 is 0 Å². The zero-order valence-corrected chi connectivity index (χ0v) is 18.1. The topological polar surface area (TPSA) is 67.4 Å². The number of hydrogen-bond acceptors (Lipinski definition) is 5. The molecule has 0 fully saturated rings. The van der Waals surface area contributed by atoms with E-state index in [1.54, 1.807) is 7.05 Å². The van der Waals surface area contributed by atoms with Crippen LogP contribution in [0.3, 0.4) is 0 Å². The number of nitrogens with one attached hydrogen (secondary N) is 2. The SMILES string of the molecule is CN=C(NCCc1ccc2c(c1)OCO2)NCc1ccc(OCCCN(C)C)cc1. The second-order valence-electron chi connectivity index (χ2n) is 7.44. The molecule has 2 aromatic rings. The minimum absolute atomic E-state index is 0.303. The monoisotopic (exact) mass is 412 g/mol. The summed E-state index contributed by atoms with van der Waals surface area (Å²) in [6.45, 7) is 3.54. The molecule has 0 unspecified atom stereocenters. The molecule has 30 heavy (non-hydrogen) atoms. The van der Waals surface area contributed by atoms with Crippen LogP contribution in [0.15, 0.2) is 47.5 Å². The zero-order valence-electron chi connectivity index (χ0n) is 18.1. The molecule has 0 spiro atoms. The van der Waals surface area contributed by atoms with Crippen molar-refractivity contribution < 1.29 is 14.2 Å². The van der Waals surface area contributed by atoms with E-state index in [1.807, 2.05) is 24.3 Å². The number of guanidine groups is 1. The number of ether oxygens (including phenoxy) is 3. The Hall–Kier alpha value is -2.93. The Bertz CT molecular complexity index is 822. The van der Waals surface area contributed by atoms with Gasteiger partial charge in [-0.05, 0) is 62.3 Å². The van der Waals surface area contributed by atoms with Gasteiger partial charge in [-0.15, -0.1) is 0 Å². The third-order valence-corrected chi connectivity index (χ3v) is 4.77. The van der Waals surface area contributed by atoms with E-state index in [4.69, 9.17) is 14.2 Å². The normalized spacial score (nSPS) is 12.9. The van der Waals surface area contributed by atoms with Gasteiger partial charge in [0, 0.05) is 26.7 Å². The van der Waals surface area contributed by atoms with Crippen molar-refractivity contribution in [3.8, 4) is 17.2 Å². The van der Waals surface area contributed by atoms with Gasteiger partial charge < -0.3 is 29.7 Å². The summed E-state index contributed by atoms with van der Waals surface area (Å²) in [5, 5.41) is 6.69. The highest BCUT2D eigenvalue weighted by Gasteiger charge is 2.12. The lowest BCUT2D eigenvalue weighted by Gasteiger charge is -2.13. The van der Waals surface area contributed by atoms with Crippen LogP contribution in [0.5, 0.6) is 17.2 Å². The Morgan fingerprint density at radius 1 is 1.03 bits per heavy atom. The summed E-state index contributed by atoms with van der Waals surface area (Å²) < 4.78 is 16.6. The van der Waals surface area contributed by atoms with Gasteiger partial charge in [0.15, 0.2) is 17.5 Å². The minimum Gasteiger partial charge on any atom is -0.494 e. The van der Waals surface area contributed by atoms with Crippen LogP contribution >= 0.6 is 0 Å². The molecular weight excluding hydrogens is 380 g/mol. The van der Waals surface area contributed by atoms with E-state index in [0.717, 1.165) is 55.7 Å². The molecule has 0 bridgehead atoms. The van der Waals surface area contributed by atoms with E-state index in [9.17, 15) is 0 Å². The van der Waals surface area contributed by atoms with Crippen molar-refractivity contribution in [1.29, 1.82) is 0 Å². The Labute approximate surface area is 179 Å². The molecule has 0 aromatic heterocycles. The maximum Gasteiger partial charge on any atom is 0.231 e. The summed E-state index contributed by atoms with van der Waals surface area (Å²) in [5.41, 5.74) is 2.37. The first-order valence-corrected chi connectivity index (χ1v) is 10.3. The third kappa shape index (κ3) is 6.84. The van der Waals surface area contributed by atoms with Crippen LogP contribution in [0.2, 0.25) is 0 Å². The van der Waals surface area contributed by atoms with Gasteiger partial charge in [-0.2, -0.15) is 0 Å². The third-order valence-electron chi connectivity index (χ3n) is 4.77. The molecule has 162 valence electrons. The summed E-state index contributed by atoms with van der Waals surface area (Å²) in [5.74, 6) is 3.32. The van der Waals surface area contributed by atoms with Gasteiger partial charge in [0.1, 0.15) is 5.75 Å².